The van der Waals surface area contributed by atoms with Gasteiger partial charge in [-0.25, -0.2) is 0 Å². The van der Waals surface area contributed by atoms with E-state index in [1.165, 1.54) is 0 Å². The molecule has 0 saturated carbocycles. The second kappa shape index (κ2) is 10.3. The SMILES string of the molecule is COc1ccc(OCCCNC(=O)C2CCCNC2)cc1.Cl. The van der Waals surface area contributed by atoms with E-state index in [-0.39, 0.29) is 24.2 Å². The number of halogens is 1. The van der Waals surface area contributed by atoms with Crippen LogP contribution in [0.1, 0.15) is 19.3 Å². The van der Waals surface area contributed by atoms with Crippen molar-refractivity contribution in [3.8, 4) is 11.5 Å². The van der Waals surface area contributed by atoms with E-state index in [0.29, 0.717) is 13.2 Å². The maximum absolute atomic E-state index is 11.9. The third-order valence-corrected chi connectivity index (χ3v) is 3.62. The van der Waals surface area contributed by atoms with E-state index in [1.54, 1.807) is 7.11 Å². The molecule has 2 N–H and O–H groups in total. The van der Waals surface area contributed by atoms with Gasteiger partial charge < -0.3 is 20.1 Å². The maximum atomic E-state index is 11.9. The average molecular weight is 329 g/mol. The fourth-order valence-corrected chi connectivity index (χ4v) is 2.37. The Morgan fingerprint density at radius 2 is 2.05 bits per heavy atom. The summed E-state index contributed by atoms with van der Waals surface area (Å²) in [5.41, 5.74) is 0. The lowest BCUT2D eigenvalue weighted by atomic mass is 9.99. The molecule has 1 fully saturated rings. The van der Waals surface area contributed by atoms with E-state index in [1.807, 2.05) is 24.3 Å². The topological polar surface area (TPSA) is 59.6 Å². The smallest absolute Gasteiger partial charge is 0.224 e. The summed E-state index contributed by atoms with van der Waals surface area (Å²) in [5.74, 6) is 1.92. The van der Waals surface area contributed by atoms with Gasteiger partial charge in [0.2, 0.25) is 5.91 Å². The highest BCUT2D eigenvalue weighted by Crippen LogP contribution is 2.17. The Hall–Kier alpha value is -1.46. The highest BCUT2D eigenvalue weighted by Gasteiger charge is 2.19. The van der Waals surface area contributed by atoms with Crippen LogP contribution in [-0.2, 0) is 4.79 Å². The lowest BCUT2D eigenvalue weighted by molar-refractivity contribution is -0.125. The lowest BCUT2D eigenvalue weighted by Gasteiger charge is -2.21. The van der Waals surface area contributed by atoms with Gasteiger partial charge in [0.15, 0.2) is 0 Å². The maximum Gasteiger partial charge on any atom is 0.224 e. The zero-order chi connectivity index (χ0) is 14.9. The van der Waals surface area contributed by atoms with Crippen LogP contribution in [0.3, 0.4) is 0 Å². The van der Waals surface area contributed by atoms with Gasteiger partial charge in [0, 0.05) is 13.1 Å². The molecular formula is C16H25ClN2O3. The number of benzene rings is 1. The Balaban J connectivity index is 0.00000242. The van der Waals surface area contributed by atoms with Crippen molar-refractivity contribution in [1.82, 2.24) is 10.6 Å². The molecule has 5 nitrogen and oxygen atoms in total. The van der Waals surface area contributed by atoms with Crippen molar-refractivity contribution < 1.29 is 14.3 Å². The predicted molar refractivity (Wildman–Crippen MR) is 89.0 cm³/mol. The summed E-state index contributed by atoms with van der Waals surface area (Å²) in [6, 6.07) is 7.50. The second-order valence-corrected chi connectivity index (χ2v) is 5.21. The number of amides is 1. The fraction of sp³-hybridized carbons (Fsp3) is 0.562. The quantitative estimate of drug-likeness (QED) is 0.752. The van der Waals surface area contributed by atoms with E-state index in [4.69, 9.17) is 9.47 Å². The van der Waals surface area contributed by atoms with Crippen molar-refractivity contribution in [3.63, 3.8) is 0 Å². The molecule has 1 unspecified atom stereocenters. The van der Waals surface area contributed by atoms with Gasteiger partial charge in [0.1, 0.15) is 11.5 Å². The number of hydrogen-bond acceptors (Lipinski definition) is 4. The number of ether oxygens (including phenoxy) is 2. The Kier molecular flexibility index (Phi) is 8.70. The first kappa shape index (κ1) is 18.6. The zero-order valence-corrected chi connectivity index (χ0v) is 13.8. The molecule has 1 aromatic rings. The Morgan fingerprint density at radius 3 is 2.68 bits per heavy atom. The molecule has 1 atom stereocenters. The highest BCUT2D eigenvalue weighted by atomic mass is 35.5. The van der Waals surface area contributed by atoms with Crippen LogP contribution in [0, 0.1) is 5.92 Å². The van der Waals surface area contributed by atoms with Gasteiger partial charge in [-0.15, -0.1) is 12.4 Å². The summed E-state index contributed by atoms with van der Waals surface area (Å²) in [6.07, 6.45) is 2.87. The van der Waals surface area contributed by atoms with Crippen LogP contribution in [-0.4, -0.2) is 39.3 Å². The molecule has 124 valence electrons. The molecule has 0 aromatic heterocycles. The minimum Gasteiger partial charge on any atom is -0.497 e. The monoisotopic (exact) mass is 328 g/mol. The van der Waals surface area contributed by atoms with Gasteiger partial charge >= 0.3 is 0 Å². The number of methoxy groups -OCH3 is 1. The lowest BCUT2D eigenvalue weighted by Crippen LogP contribution is -2.40. The summed E-state index contributed by atoms with van der Waals surface area (Å²) in [7, 11) is 1.64. The minimum atomic E-state index is 0. The number of nitrogens with one attached hydrogen (secondary N) is 2. The summed E-state index contributed by atoms with van der Waals surface area (Å²) >= 11 is 0. The van der Waals surface area contributed by atoms with E-state index in [2.05, 4.69) is 10.6 Å². The second-order valence-electron chi connectivity index (χ2n) is 5.21. The number of hydrogen-bond donors (Lipinski definition) is 2. The number of carbonyl (C=O) groups excluding carboxylic acids is 1. The minimum absolute atomic E-state index is 0. The standard InChI is InChI=1S/C16H24N2O3.ClH/c1-20-14-5-7-15(8-6-14)21-11-3-10-18-16(19)13-4-2-9-17-12-13;/h5-8,13,17H,2-4,9-12H2,1H3,(H,18,19);1H. The van der Waals surface area contributed by atoms with E-state index >= 15 is 0 Å². The van der Waals surface area contributed by atoms with E-state index < -0.39 is 0 Å². The molecule has 1 amide bonds. The number of carbonyl (C=O) groups is 1. The van der Waals surface area contributed by atoms with Crippen molar-refractivity contribution >= 4 is 18.3 Å². The van der Waals surface area contributed by atoms with Gasteiger partial charge in [-0.3, -0.25) is 4.79 Å². The number of piperidine rings is 1. The first-order chi connectivity index (χ1) is 10.3. The van der Waals surface area contributed by atoms with E-state index in [9.17, 15) is 4.79 Å². The summed E-state index contributed by atoms with van der Waals surface area (Å²) in [5, 5.41) is 6.23. The molecule has 1 aliphatic heterocycles. The largest absolute Gasteiger partial charge is 0.497 e. The molecule has 1 aliphatic rings. The van der Waals surface area contributed by atoms with Crippen molar-refractivity contribution in [1.29, 1.82) is 0 Å². The van der Waals surface area contributed by atoms with Gasteiger partial charge in [-0.05, 0) is 50.1 Å². The summed E-state index contributed by atoms with van der Waals surface area (Å²) < 4.78 is 10.7. The summed E-state index contributed by atoms with van der Waals surface area (Å²) in [4.78, 5) is 11.9. The van der Waals surface area contributed by atoms with Crippen molar-refractivity contribution in [3.05, 3.63) is 24.3 Å². The molecule has 6 heteroatoms. The molecule has 22 heavy (non-hydrogen) atoms. The van der Waals surface area contributed by atoms with Crippen molar-refractivity contribution in [2.75, 3.05) is 33.4 Å². The fourth-order valence-electron chi connectivity index (χ4n) is 2.37. The van der Waals surface area contributed by atoms with E-state index in [0.717, 1.165) is 43.9 Å². The molecule has 0 bridgehead atoms. The van der Waals surface area contributed by atoms with Crippen LogP contribution < -0.4 is 20.1 Å². The molecule has 2 rings (SSSR count). The van der Waals surface area contributed by atoms with Gasteiger partial charge in [0.25, 0.3) is 0 Å². The molecule has 1 heterocycles. The Morgan fingerprint density at radius 1 is 1.32 bits per heavy atom. The molecule has 0 aliphatic carbocycles. The third kappa shape index (κ3) is 6.12. The van der Waals surface area contributed by atoms with Crippen LogP contribution in [0.4, 0.5) is 0 Å². The molecule has 1 saturated heterocycles. The Labute approximate surface area is 138 Å². The van der Waals surface area contributed by atoms with Crippen LogP contribution in [0.25, 0.3) is 0 Å². The Bertz CT molecular complexity index is 434. The zero-order valence-electron chi connectivity index (χ0n) is 13.0. The normalized spacial score (nSPS) is 17.2. The van der Waals surface area contributed by atoms with Crippen LogP contribution >= 0.6 is 12.4 Å². The van der Waals surface area contributed by atoms with Crippen LogP contribution in [0.2, 0.25) is 0 Å². The third-order valence-electron chi connectivity index (χ3n) is 3.62. The average Bonchev–Trinajstić information content (AvgIpc) is 2.55. The molecule has 0 spiro atoms. The molecular weight excluding hydrogens is 304 g/mol. The van der Waals surface area contributed by atoms with Gasteiger partial charge in [-0.2, -0.15) is 0 Å². The number of rotatable bonds is 7. The molecule has 1 aromatic carbocycles. The van der Waals surface area contributed by atoms with Gasteiger partial charge in [-0.1, -0.05) is 0 Å². The first-order valence-electron chi connectivity index (χ1n) is 7.55. The molecule has 0 radical (unpaired) electrons. The van der Waals surface area contributed by atoms with Gasteiger partial charge in [0.05, 0.1) is 19.6 Å². The van der Waals surface area contributed by atoms with Crippen molar-refractivity contribution in [2.45, 2.75) is 19.3 Å². The summed E-state index contributed by atoms with van der Waals surface area (Å²) in [6.45, 7) is 3.08. The van der Waals surface area contributed by atoms with Crippen LogP contribution in [0.15, 0.2) is 24.3 Å². The van der Waals surface area contributed by atoms with Crippen LogP contribution in [0.5, 0.6) is 11.5 Å². The predicted octanol–water partition coefficient (Wildman–Crippen LogP) is 2.00. The highest BCUT2D eigenvalue weighted by molar-refractivity contribution is 5.85. The first-order valence-corrected chi connectivity index (χ1v) is 7.55. The van der Waals surface area contributed by atoms with Crippen molar-refractivity contribution in [2.24, 2.45) is 5.92 Å².